The number of nitrogens with one attached hydrogen (secondary N) is 1. The third-order valence-electron chi connectivity index (χ3n) is 3.99. The largest absolute Gasteiger partial charge is 0.321 e. The summed E-state index contributed by atoms with van der Waals surface area (Å²) in [5.74, 6) is -0.0859. The number of rotatable bonds is 5. The van der Waals surface area contributed by atoms with E-state index in [0.29, 0.717) is 11.5 Å². The second-order valence-electron chi connectivity index (χ2n) is 6.57. The maximum absolute atomic E-state index is 12.4. The number of carbonyl (C=O) groups is 1. The van der Waals surface area contributed by atoms with Crippen LogP contribution in [0.25, 0.3) is 5.57 Å². The van der Waals surface area contributed by atoms with E-state index < -0.39 is 16.0 Å². The lowest BCUT2D eigenvalue weighted by atomic mass is 9.91. The first-order valence-electron chi connectivity index (χ1n) is 8.27. The number of carbonyl (C=O) groups excluding carboxylic acids is 1. The number of para-hydroxylation sites is 1. The molecule has 0 atom stereocenters. The van der Waals surface area contributed by atoms with Gasteiger partial charge in [0.15, 0.2) is 0 Å². The van der Waals surface area contributed by atoms with Crippen LogP contribution < -0.4 is 5.32 Å². The van der Waals surface area contributed by atoms with Crippen LogP contribution in [0.15, 0.2) is 59.0 Å². The Hall–Kier alpha value is -2.44. The third-order valence-corrected chi connectivity index (χ3v) is 4.90. The van der Waals surface area contributed by atoms with Crippen molar-refractivity contribution in [3.63, 3.8) is 0 Å². The molecular formula is C20H23NO4S. The summed E-state index contributed by atoms with van der Waals surface area (Å²) in [6, 6.07) is 12.9. The molecule has 2 rings (SSSR count). The quantitative estimate of drug-likeness (QED) is 0.748. The highest BCUT2D eigenvalue weighted by molar-refractivity contribution is 7.86. The second kappa shape index (κ2) is 7.85. The minimum atomic E-state index is -4.42. The number of anilines is 1. The average Bonchev–Trinajstić information content (AvgIpc) is 2.54. The van der Waals surface area contributed by atoms with Crippen LogP contribution in [0.2, 0.25) is 0 Å². The second-order valence-corrected chi connectivity index (χ2v) is 7.96. The number of hydrogen-bond acceptors (Lipinski definition) is 3. The molecule has 0 saturated carbocycles. The molecule has 0 unspecified atom stereocenters. The number of amides is 1. The van der Waals surface area contributed by atoms with Crippen molar-refractivity contribution in [3.05, 3.63) is 65.2 Å². The van der Waals surface area contributed by atoms with Crippen LogP contribution in [0.1, 0.15) is 43.6 Å². The summed E-state index contributed by atoms with van der Waals surface area (Å²) in [5.41, 5.74) is 3.94. The smallest absolute Gasteiger partial charge is 0.296 e. The molecule has 26 heavy (non-hydrogen) atoms. The molecule has 2 aromatic carbocycles. The minimum absolute atomic E-state index is 0.0382. The van der Waals surface area contributed by atoms with Crippen molar-refractivity contribution in [1.29, 1.82) is 0 Å². The number of benzene rings is 2. The first-order chi connectivity index (χ1) is 12.1. The lowest BCUT2D eigenvalue weighted by molar-refractivity contribution is 0.102. The molecule has 0 bridgehead atoms. The molecule has 0 radical (unpaired) electrons. The van der Waals surface area contributed by atoms with E-state index in [4.69, 9.17) is 0 Å². The van der Waals surface area contributed by atoms with E-state index in [0.717, 1.165) is 5.56 Å². The normalized spacial score (nSPS) is 11.3. The van der Waals surface area contributed by atoms with E-state index in [9.17, 15) is 17.8 Å². The maximum Gasteiger partial charge on any atom is 0.296 e. The van der Waals surface area contributed by atoms with Crippen LogP contribution in [0, 0.1) is 5.92 Å². The monoisotopic (exact) mass is 373 g/mol. The fourth-order valence-electron chi connectivity index (χ4n) is 2.99. The standard InChI is InChI=1S/C20H23NO4S/c1-13(2)19(14(3)4)15-9-11-16(12-10-15)20(22)21-17-7-5-6-8-18(17)26(23,24)25/h5-13H,1-4H3,(H,21,22)(H,23,24,25). The molecule has 2 aromatic rings. The SMILES string of the molecule is CC(C)=C(c1ccc(C(=O)Nc2ccccc2S(=O)(=O)O)cc1)C(C)C. The Morgan fingerprint density at radius 1 is 0.962 bits per heavy atom. The summed E-state index contributed by atoms with van der Waals surface area (Å²) in [6.07, 6.45) is 0. The zero-order valence-corrected chi connectivity index (χ0v) is 16.1. The first kappa shape index (κ1) is 19.9. The lowest BCUT2D eigenvalue weighted by Gasteiger charge is -2.15. The molecule has 2 N–H and O–H groups in total. The van der Waals surface area contributed by atoms with E-state index in [2.05, 4.69) is 33.0 Å². The van der Waals surface area contributed by atoms with Crippen molar-refractivity contribution >= 4 is 27.3 Å². The fraction of sp³-hybridized carbons (Fsp3) is 0.250. The van der Waals surface area contributed by atoms with Gasteiger partial charge < -0.3 is 5.32 Å². The highest BCUT2D eigenvalue weighted by Crippen LogP contribution is 2.27. The van der Waals surface area contributed by atoms with Crippen LogP contribution in [0.4, 0.5) is 5.69 Å². The van der Waals surface area contributed by atoms with Crippen molar-refractivity contribution in [2.45, 2.75) is 32.6 Å². The molecule has 0 aliphatic heterocycles. The predicted molar refractivity (Wildman–Crippen MR) is 104 cm³/mol. The molecule has 0 aliphatic carbocycles. The van der Waals surface area contributed by atoms with Gasteiger partial charge in [-0.1, -0.05) is 43.7 Å². The van der Waals surface area contributed by atoms with E-state index in [1.807, 2.05) is 12.1 Å². The van der Waals surface area contributed by atoms with Crippen molar-refractivity contribution in [3.8, 4) is 0 Å². The summed E-state index contributed by atoms with van der Waals surface area (Å²) in [6.45, 7) is 8.36. The fourth-order valence-corrected chi connectivity index (χ4v) is 3.64. The van der Waals surface area contributed by atoms with Crippen molar-refractivity contribution < 1.29 is 17.8 Å². The molecule has 1 amide bonds. The molecule has 0 aliphatic rings. The molecule has 5 nitrogen and oxygen atoms in total. The Kier molecular flexibility index (Phi) is 6.00. The highest BCUT2D eigenvalue weighted by atomic mass is 32.2. The van der Waals surface area contributed by atoms with Gasteiger partial charge in [0.1, 0.15) is 4.90 Å². The van der Waals surface area contributed by atoms with Gasteiger partial charge in [0.05, 0.1) is 5.69 Å². The van der Waals surface area contributed by atoms with E-state index in [1.54, 1.807) is 18.2 Å². The Balaban J connectivity index is 2.29. The van der Waals surface area contributed by atoms with Gasteiger partial charge >= 0.3 is 0 Å². The summed E-state index contributed by atoms with van der Waals surface area (Å²) in [5, 5.41) is 2.54. The highest BCUT2D eigenvalue weighted by Gasteiger charge is 2.17. The molecule has 0 fully saturated rings. The Bertz CT molecular complexity index is 938. The maximum atomic E-state index is 12.4. The zero-order chi connectivity index (χ0) is 19.5. The van der Waals surface area contributed by atoms with E-state index in [1.165, 1.54) is 29.3 Å². The van der Waals surface area contributed by atoms with Gasteiger partial charge in [-0.05, 0) is 55.2 Å². The van der Waals surface area contributed by atoms with Gasteiger partial charge in [0.25, 0.3) is 16.0 Å². The molecule has 0 aromatic heterocycles. The van der Waals surface area contributed by atoms with Gasteiger partial charge in [0, 0.05) is 5.56 Å². The minimum Gasteiger partial charge on any atom is -0.321 e. The predicted octanol–water partition coefficient (Wildman–Crippen LogP) is 4.64. The molecule has 0 heterocycles. The van der Waals surface area contributed by atoms with Crippen LogP contribution in [0.5, 0.6) is 0 Å². The van der Waals surface area contributed by atoms with Crippen LogP contribution in [-0.2, 0) is 10.1 Å². The first-order valence-corrected chi connectivity index (χ1v) is 9.71. The van der Waals surface area contributed by atoms with Crippen LogP contribution >= 0.6 is 0 Å². The van der Waals surface area contributed by atoms with Gasteiger partial charge in [0.2, 0.25) is 0 Å². The Labute approximate surface area is 154 Å². The van der Waals surface area contributed by atoms with E-state index in [-0.39, 0.29) is 10.6 Å². The molecule has 0 spiro atoms. The Morgan fingerprint density at radius 3 is 2.00 bits per heavy atom. The zero-order valence-electron chi connectivity index (χ0n) is 15.3. The van der Waals surface area contributed by atoms with Gasteiger partial charge in [-0.15, -0.1) is 0 Å². The molecule has 0 saturated heterocycles. The van der Waals surface area contributed by atoms with Crippen molar-refractivity contribution in [2.24, 2.45) is 5.92 Å². The number of hydrogen-bond donors (Lipinski definition) is 2. The van der Waals surface area contributed by atoms with Gasteiger partial charge in [-0.3, -0.25) is 9.35 Å². The van der Waals surface area contributed by atoms with Gasteiger partial charge in [-0.25, -0.2) is 0 Å². The molecular weight excluding hydrogens is 350 g/mol. The topological polar surface area (TPSA) is 83.5 Å². The summed E-state index contributed by atoms with van der Waals surface area (Å²) >= 11 is 0. The summed E-state index contributed by atoms with van der Waals surface area (Å²) in [4.78, 5) is 12.1. The third kappa shape index (κ3) is 4.59. The lowest BCUT2D eigenvalue weighted by Crippen LogP contribution is -2.14. The van der Waals surface area contributed by atoms with Crippen molar-refractivity contribution in [1.82, 2.24) is 0 Å². The van der Waals surface area contributed by atoms with Crippen molar-refractivity contribution in [2.75, 3.05) is 5.32 Å². The Morgan fingerprint density at radius 2 is 1.50 bits per heavy atom. The van der Waals surface area contributed by atoms with E-state index >= 15 is 0 Å². The molecule has 6 heteroatoms. The van der Waals surface area contributed by atoms with Crippen LogP contribution in [-0.4, -0.2) is 18.9 Å². The number of allylic oxidation sites excluding steroid dienone is 2. The molecule has 138 valence electrons. The summed E-state index contributed by atoms with van der Waals surface area (Å²) < 4.78 is 32.1. The van der Waals surface area contributed by atoms with Gasteiger partial charge in [-0.2, -0.15) is 8.42 Å². The summed E-state index contributed by atoms with van der Waals surface area (Å²) in [7, 11) is -4.42. The average molecular weight is 373 g/mol. The van der Waals surface area contributed by atoms with Crippen LogP contribution in [0.3, 0.4) is 0 Å².